The van der Waals surface area contributed by atoms with Gasteiger partial charge in [0, 0.05) is 11.8 Å². The topological polar surface area (TPSA) is 50.7 Å². The van der Waals surface area contributed by atoms with Gasteiger partial charge in [-0.3, -0.25) is 4.79 Å². The summed E-state index contributed by atoms with van der Waals surface area (Å²) in [6.45, 7) is 4.19. The van der Waals surface area contributed by atoms with Crippen molar-refractivity contribution in [1.29, 1.82) is 0 Å². The van der Waals surface area contributed by atoms with E-state index < -0.39 is 0 Å². The van der Waals surface area contributed by atoms with Crippen molar-refractivity contribution in [2.75, 3.05) is 7.11 Å². The Morgan fingerprint density at radius 3 is 2.94 bits per heavy atom. The van der Waals surface area contributed by atoms with Crippen LogP contribution < -0.4 is 10.2 Å². The molecule has 4 nitrogen and oxygen atoms in total. The number of ether oxygens (including phenoxy) is 1. The SMILES string of the molecule is COc1cccc(C(=O)N/N=C\CC(C)C)c1. The molecule has 0 saturated heterocycles. The van der Waals surface area contributed by atoms with Crippen LogP contribution in [0.1, 0.15) is 30.6 Å². The minimum absolute atomic E-state index is 0.232. The standard InChI is InChI=1S/C13H18N2O2/c1-10(2)7-8-14-15-13(16)11-5-4-6-12(9-11)17-3/h4-6,8-10H,7H2,1-3H3,(H,15,16)/b14-8-. The molecule has 1 aromatic carbocycles. The third kappa shape index (κ3) is 4.68. The maximum Gasteiger partial charge on any atom is 0.271 e. The summed E-state index contributed by atoms with van der Waals surface area (Å²) >= 11 is 0. The van der Waals surface area contributed by atoms with Crippen LogP contribution in [0.3, 0.4) is 0 Å². The smallest absolute Gasteiger partial charge is 0.271 e. The molecule has 1 N–H and O–H groups in total. The Morgan fingerprint density at radius 2 is 2.29 bits per heavy atom. The number of rotatable bonds is 5. The van der Waals surface area contributed by atoms with Crippen molar-refractivity contribution in [3.8, 4) is 5.75 Å². The summed E-state index contributed by atoms with van der Waals surface area (Å²) in [6, 6.07) is 6.95. The Bertz CT molecular complexity index is 400. The summed E-state index contributed by atoms with van der Waals surface area (Å²) in [6.07, 6.45) is 2.56. The average molecular weight is 234 g/mol. The highest BCUT2D eigenvalue weighted by Gasteiger charge is 2.04. The Morgan fingerprint density at radius 1 is 1.53 bits per heavy atom. The quantitative estimate of drug-likeness (QED) is 0.628. The van der Waals surface area contributed by atoms with Crippen LogP contribution in [0.25, 0.3) is 0 Å². The number of hydrazone groups is 1. The fourth-order valence-electron chi connectivity index (χ4n) is 1.20. The van der Waals surface area contributed by atoms with E-state index >= 15 is 0 Å². The second kappa shape index (κ2) is 6.68. The number of nitrogens with one attached hydrogen (secondary N) is 1. The van der Waals surface area contributed by atoms with E-state index in [-0.39, 0.29) is 5.91 Å². The molecular weight excluding hydrogens is 216 g/mol. The van der Waals surface area contributed by atoms with Crippen LogP contribution in [0, 0.1) is 5.92 Å². The first-order valence-corrected chi connectivity index (χ1v) is 5.59. The molecule has 1 amide bonds. The molecule has 0 aliphatic carbocycles. The van der Waals surface area contributed by atoms with E-state index in [1.54, 1.807) is 37.6 Å². The van der Waals surface area contributed by atoms with Crippen molar-refractivity contribution in [1.82, 2.24) is 5.43 Å². The van der Waals surface area contributed by atoms with Gasteiger partial charge in [-0.1, -0.05) is 19.9 Å². The number of benzene rings is 1. The predicted molar refractivity (Wildman–Crippen MR) is 68.4 cm³/mol. The molecule has 0 bridgehead atoms. The minimum atomic E-state index is -0.232. The lowest BCUT2D eigenvalue weighted by Crippen LogP contribution is -2.17. The van der Waals surface area contributed by atoms with Crippen LogP contribution in [-0.2, 0) is 0 Å². The van der Waals surface area contributed by atoms with E-state index in [1.165, 1.54) is 0 Å². The number of nitrogens with zero attached hydrogens (tertiary/aromatic N) is 1. The number of hydrogen-bond donors (Lipinski definition) is 1. The first kappa shape index (κ1) is 13.2. The van der Waals surface area contributed by atoms with Gasteiger partial charge in [0.1, 0.15) is 5.75 Å². The van der Waals surface area contributed by atoms with Crippen LogP contribution in [0.2, 0.25) is 0 Å². The van der Waals surface area contributed by atoms with Crippen LogP contribution in [-0.4, -0.2) is 19.2 Å². The van der Waals surface area contributed by atoms with Gasteiger partial charge in [0.05, 0.1) is 7.11 Å². The zero-order valence-electron chi connectivity index (χ0n) is 10.4. The highest BCUT2D eigenvalue weighted by Crippen LogP contribution is 2.12. The molecule has 0 radical (unpaired) electrons. The lowest BCUT2D eigenvalue weighted by atomic mass is 10.2. The molecule has 0 fully saturated rings. The Balaban J connectivity index is 2.54. The molecule has 0 atom stereocenters. The molecule has 92 valence electrons. The molecule has 0 aromatic heterocycles. The molecule has 0 heterocycles. The van der Waals surface area contributed by atoms with Crippen LogP contribution >= 0.6 is 0 Å². The van der Waals surface area contributed by atoms with Crippen molar-refractivity contribution in [2.45, 2.75) is 20.3 Å². The molecule has 0 spiro atoms. The van der Waals surface area contributed by atoms with Crippen LogP contribution in [0.5, 0.6) is 5.75 Å². The molecule has 4 heteroatoms. The third-order valence-electron chi connectivity index (χ3n) is 2.17. The van der Waals surface area contributed by atoms with Gasteiger partial charge < -0.3 is 4.74 Å². The molecule has 1 aromatic rings. The zero-order chi connectivity index (χ0) is 12.7. The van der Waals surface area contributed by atoms with Gasteiger partial charge in [-0.25, -0.2) is 5.43 Å². The molecule has 17 heavy (non-hydrogen) atoms. The summed E-state index contributed by atoms with van der Waals surface area (Å²) in [5, 5.41) is 3.88. The number of amides is 1. The molecule has 0 aliphatic heterocycles. The summed E-state index contributed by atoms with van der Waals surface area (Å²) < 4.78 is 5.04. The van der Waals surface area contributed by atoms with Gasteiger partial charge in [0.15, 0.2) is 0 Å². The molecule has 0 aliphatic rings. The summed E-state index contributed by atoms with van der Waals surface area (Å²) in [7, 11) is 1.57. The van der Waals surface area contributed by atoms with Crippen LogP contribution in [0.15, 0.2) is 29.4 Å². The van der Waals surface area contributed by atoms with Crippen LogP contribution in [0.4, 0.5) is 0 Å². The van der Waals surface area contributed by atoms with Gasteiger partial charge in [0.25, 0.3) is 5.91 Å². The maximum absolute atomic E-state index is 11.7. The summed E-state index contributed by atoms with van der Waals surface area (Å²) in [5.74, 6) is 0.959. The van der Waals surface area contributed by atoms with E-state index in [1.807, 2.05) is 0 Å². The van der Waals surface area contributed by atoms with E-state index in [9.17, 15) is 4.79 Å². The first-order valence-electron chi connectivity index (χ1n) is 5.59. The van der Waals surface area contributed by atoms with E-state index in [4.69, 9.17) is 4.74 Å². The highest BCUT2D eigenvalue weighted by molar-refractivity contribution is 5.94. The van der Waals surface area contributed by atoms with Crippen molar-refractivity contribution in [2.24, 2.45) is 11.0 Å². The minimum Gasteiger partial charge on any atom is -0.497 e. The lowest BCUT2D eigenvalue weighted by Gasteiger charge is -2.03. The maximum atomic E-state index is 11.7. The fraction of sp³-hybridized carbons (Fsp3) is 0.385. The second-order valence-electron chi connectivity index (χ2n) is 4.11. The van der Waals surface area contributed by atoms with E-state index in [2.05, 4.69) is 24.4 Å². The average Bonchev–Trinajstić information content (AvgIpc) is 2.34. The highest BCUT2D eigenvalue weighted by atomic mass is 16.5. The largest absolute Gasteiger partial charge is 0.497 e. The van der Waals surface area contributed by atoms with Gasteiger partial charge in [-0.2, -0.15) is 5.10 Å². The van der Waals surface area contributed by atoms with Gasteiger partial charge >= 0.3 is 0 Å². The number of methoxy groups -OCH3 is 1. The second-order valence-corrected chi connectivity index (χ2v) is 4.11. The van der Waals surface area contributed by atoms with Gasteiger partial charge in [-0.15, -0.1) is 0 Å². The number of hydrogen-bond acceptors (Lipinski definition) is 3. The number of carbonyl (C=O) groups is 1. The van der Waals surface area contributed by atoms with Crippen molar-refractivity contribution in [3.63, 3.8) is 0 Å². The third-order valence-corrected chi connectivity index (χ3v) is 2.17. The predicted octanol–water partition coefficient (Wildman–Crippen LogP) is 2.46. The Labute approximate surface area is 102 Å². The summed E-state index contributed by atoms with van der Waals surface area (Å²) in [5.41, 5.74) is 3.01. The molecule has 0 unspecified atom stereocenters. The zero-order valence-corrected chi connectivity index (χ0v) is 10.4. The van der Waals surface area contributed by atoms with Crippen molar-refractivity contribution >= 4 is 12.1 Å². The van der Waals surface area contributed by atoms with Gasteiger partial charge in [0.2, 0.25) is 0 Å². The Kier molecular flexibility index (Phi) is 5.20. The fourth-order valence-corrected chi connectivity index (χ4v) is 1.20. The molecular formula is C13H18N2O2. The Hall–Kier alpha value is -1.84. The first-order chi connectivity index (χ1) is 8.13. The van der Waals surface area contributed by atoms with Gasteiger partial charge in [-0.05, 0) is 30.5 Å². The molecule has 0 saturated carbocycles. The van der Waals surface area contributed by atoms with E-state index in [0.717, 1.165) is 6.42 Å². The normalized spacial score (nSPS) is 10.8. The lowest BCUT2D eigenvalue weighted by molar-refractivity contribution is 0.0954. The van der Waals surface area contributed by atoms with Crippen molar-refractivity contribution < 1.29 is 9.53 Å². The number of carbonyl (C=O) groups excluding carboxylic acids is 1. The van der Waals surface area contributed by atoms with E-state index in [0.29, 0.717) is 17.2 Å². The monoisotopic (exact) mass is 234 g/mol. The van der Waals surface area contributed by atoms with Crippen molar-refractivity contribution in [3.05, 3.63) is 29.8 Å². The summed E-state index contributed by atoms with van der Waals surface area (Å²) in [4.78, 5) is 11.7. The molecule has 1 rings (SSSR count).